The van der Waals surface area contributed by atoms with Crippen molar-refractivity contribution in [1.29, 1.82) is 0 Å². The number of rotatable bonds is 5. The van der Waals surface area contributed by atoms with E-state index >= 15 is 0 Å². The zero-order chi connectivity index (χ0) is 13.7. The molecule has 0 aliphatic heterocycles. The summed E-state index contributed by atoms with van der Waals surface area (Å²) in [5.41, 5.74) is 2.21. The Morgan fingerprint density at radius 3 is 1.89 bits per heavy atom. The summed E-state index contributed by atoms with van der Waals surface area (Å²) in [6.45, 7) is 7.41. The molecule has 19 heavy (non-hydrogen) atoms. The van der Waals surface area contributed by atoms with Crippen LogP contribution in [0.25, 0.3) is 0 Å². The molecular formula is C17H22SSi. The minimum atomic E-state index is -1.20. The topological polar surface area (TPSA) is 0 Å². The first-order valence-electron chi connectivity index (χ1n) is 6.80. The van der Waals surface area contributed by atoms with Gasteiger partial charge in [-0.3, -0.25) is 0 Å². The molecule has 0 amide bonds. The zero-order valence-electron chi connectivity index (χ0n) is 12.0. The van der Waals surface area contributed by atoms with E-state index in [0.717, 1.165) is 0 Å². The van der Waals surface area contributed by atoms with Gasteiger partial charge in [-0.1, -0.05) is 68.2 Å². The van der Waals surface area contributed by atoms with E-state index in [1.54, 1.807) is 0 Å². The third kappa shape index (κ3) is 4.25. The normalized spacial score (nSPS) is 13.2. The van der Waals surface area contributed by atoms with Crippen molar-refractivity contribution in [3.05, 3.63) is 66.2 Å². The van der Waals surface area contributed by atoms with Gasteiger partial charge in [0.05, 0.1) is 8.07 Å². The van der Waals surface area contributed by atoms with Crippen molar-refractivity contribution >= 4 is 19.8 Å². The molecule has 0 nitrogen and oxygen atoms in total. The predicted octanol–water partition coefficient (Wildman–Crippen LogP) is 5.44. The summed E-state index contributed by atoms with van der Waals surface area (Å²) < 4.78 is 0. The van der Waals surface area contributed by atoms with Crippen LogP contribution in [-0.2, 0) is 0 Å². The standard InChI is InChI=1S/C17H22SSi/c1-19(2,3)17(15-10-6-4-7-11-15)14-18-16-12-8-5-9-13-16/h4-13,17H,14H2,1-3H3. The first kappa shape index (κ1) is 14.4. The number of hydrogen-bond donors (Lipinski definition) is 0. The van der Waals surface area contributed by atoms with Gasteiger partial charge in [-0.05, 0) is 23.2 Å². The Labute approximate surface area is 122 Å². The van der Waals surface area contributed by atoms with Crippen LogP contribution in [0.5, 0.6) is 0 Å². The van der Waals surface area contributed by atoms with Crippen molar-refractivity contribution in [3.8, 4) is 0 Å². The van der Waals surface area contributed by atoms with Crippen molar-refractivity contribution in [2.45, 2.75) is 30.1 Å². The molecule has 0 spiro atoms. The van der Waals surface area contributed by atoms with E-state index in [1.807, 2.05) is 11.8 Å². The summed E-state index contributed by atoms with van der Waals surface area (Å²) in [6, 6.07) is 21.7. The Bertz CT molecular complexity index is 488. The van der Waals surface area contributed by atoms with Gasteiger partial charge in [0.25, 0.3) is 0 Å². The molecule has 2 heteroatoms. The number of benzene rings is 2. The van der Waals surface area contributed by atoms with Crippen molar-refractivity contribution in [2.75, 3.05) is 5.75 Å². The Morgan fingerprint density at radius 1 is 0.842 bits per heavy atom. The molecule has 0 aliphatic carbocycles. The maximum Gasteiger partial charge on any atom is 0.0532 e. The third-order valence-corrected chi connectivity index (χ3v) is 7.44. The SMILES string of the molecule is C[Si](C)(C)C(CSc1ccccc1)c1ccccc1. The lowest BCUT2D eigenvalue weighted by Gasteiger charge is -2.29. The highest BCUT2D eigenvalue weighted by molar-refractivity contribution is 7.99. The fourth-order valence-electron chi connectivity index (χ4n) is 2.23. The second kappa shape index (κ2) is 6.44. The van der Waals surface area contributed by atoms with Crippen LogP contribution in [0, 0.1) is 0 Å². The van der Waals surface area contributed by atoms with Gasteiger partial charge in [0.2, 0.25) is 0 Å². The lowest BCUT2D eigenvalue weighted by molar-refractivity contribution is 1.03. The summed E-state index contributed by atoms with van der Waals surface area (Å²) in [5.74, 6) is 1.18. The molecule has 1 atom stereocenters. The largest absolute Gasteiger partial charge is 0.126 e. The maximum atomic E-state index is 2.47. The molecule has 0 aliphatic rings. The van der Waals surface area contributed by atoms with E-state index < -0.39 is 8.07 Å². The van der Waals surface area contributed by atoms with E-state index in [4.69, 9.17) is 0 Å². The Balaban J connectivity index is 2.12. The van der Waals surface area contributed by atoms with E-state index in [1.165, 1.54) is 16.2 Å². The van der Waals surface area contributed by atoms with Gasteiger partial charge in [-0.15, -0.1) is 11.8 Å². The molecule has 0 saturated carbocycles. The highest BCUT2D eigenvalue weighted by Crippen LogP contribution is 2.33. The fraction of sp³-hybridized carbons (Fsp3) is 0.294. The van der Waals surface area contributed by atoms with Gasteiger partial charge in [-0.2, -0.15) is 0 Å². The molecule has 0 fully saturated rings. The highest BCUT2D eigenvalue weighted by atomic mass is 32.2. The summed E-state index contributed by atoms with van der Waals surface area (Å²) in [6.07, 6.45) is 0. The summed E-state index contributed by atoms with van der Waals surface area (Å²) in [5, 5.41) is 0. The first-order chi connectivity index (χ1) is 9.07. The predicted molar refractivity (Wildman–Crippen MR) is 89.7 cm³/mol. The fourth-order valence-corrected chi connectivity index (χ4v) is 6.57. The minimum Gasteiger partial charge on any atom is -0.126 e. The van der Waals surface area contributed by atoms with E-state index in [2.05, 4.69) is 80.3 Å². The molecule has 2 aromatic carbocycles. The molecule has 1 unspecified atom stereocenters. The Hall–Kier alpha value is -0.993. The lowest BCUT2D eigenvalue weighted by atomic mass is 10.2. The summed E-state index contributed by atoms with van der Waals surface area (Å²) in [7, 11) is -1.20. The zero-order valence-corrected chi connectivity index (χ0v) is 13.8. The summed E-state index contributed by atoms with van der Waals surface area (Å²) in [4.78, 5) is 1.38. The van der Waals surface area contributed by atoms with Gasteiger partial charge in [0, 0.05) is 10.6 Å². The van der Waals surface area contributed by atoms with Crippen LogP contribution in [0.2, 0.25) is 19.6 Å². The molecule has 0 bridgehead atoms. The van der Waals surface area contributed by atoms with Crippen LogP contribution in [0.15, 0.2) is 65.6 Å². The monoisotopic (exact) mass is 286 g/mol. The van der Waals surface area contributed by atoms with Gasteiger partial charge in [0.15, 0.2) is 0 Å². The molecular weight excluding hydrogens is 264 g/mol. The minimum absolute atomic E-state index is 0.707. The van der Waals surface area contributed by atoms with E-state index in [-0.39, 0.29) is 0 Å². The quantitative estimate of drug-likeness (QED) is 0.521. The molecule has 100 valence electrons. The van der Waals surface area contributed by atoms with Crippen molar-refractivity contribution in [2.24, 2.45) is 0 Å². The summed E-state index contributed by atoms with van der Waals surface area (Å²) >= 11 is 1.98. The van der Waals surface area contributed by atoms with Crippen LogP contribution in [0.4, 0.5) is 0 Å². The van der Waals surface area contributed by atoms with E-state index in [0.29, 0.717) is 5.54 Å². The second-order valence-electron chi connectivity index (χ2n) is 5.95. The van der Waals surface area contributed by atoms with Crippen molar-refractivity contribution in [3.63, 3.8) is 0 Å². The molecule has 0 aromatic heterocycles. The van der Waals surface area contributed by atoms with Crippen LogP contribution in [0.1, 0.15) is 11.1 Å². The van der Waals surface area contributed by atoms with Crippen LogP contribution < -0.4 is 0 Å². The Kier molecular flexibility index (Phi) is 4.89. The molecule has 2 rings (SSSR count). The molecule has 0 N–H and O–H groups in total. The van der Waals surface area contributed by atoms with Gasteiger partial charge < -0.3 is 0 Å². The van der Waals surface area contributed by atoms with E-state index in [9.17, 15) is 0 Å². The van der Waals surface area contributed by atoms with Crippen LogP contribution in [-0.4, -0.2) is 13.8 Å². The van der Waals surface area contributed by atoms with Crippen LogP contribution in [0.3, 0.4) is 0 Å². The van der Waals surface area contributed by atoms with Crippen molar-refractivity contribution < 1.29 is 0 Å². The Morgan fingerprint density at radius 2 is 1.37 bits per heavy atom. The molecule has 2 aromatic rings. The average molecular weight is 287 g/mol. The maximum absolute atomic E-state index is 2.47. The molecule has 0 saturated heterocycles. The average Bonchev–Trinajstić information content (AvgIpc) is 2.40. The van der Waals surface area contributed by atoms with Crippen molar-refractivity contribution in [1.82, 2.24) is 0 Å². The molecule has 0 heterocycles. The number of hydrogen-bond acceptors (Lipinski definition) is 1. The molecule has 0 radical (unpaired) electrons. The third-order valence-electron chi connectivity index (χ3n) is 3.41. The first-order valence-corrected chi connectivity index (χ1v) is 11.4. The number of thioether (sulfide) groups is 1. The van der Waals surface area contributed by atoms with Gasteiger partial charge in [0.1, 0.15) is 0 Å². The van der Waals surface area contributed by atoms with Crippen LogP contribution >= 0.6 is 11.8 Å². The van der Waals surface area contributed by atoms with Gasteiger partial charge >= 0.3 is 0 Å². The van der Waals surface area contributed by atoms with Gasteiger partial charge in [-0.25, -0.2) is 0 Å². The lowest BCUT2D eigenvalue weighted by Crippen LogP contribution is -2.32. The smallest absolute Gasteiger partial charge is 0.0532 e. The second-order valence-corrected chi connectivity index (χ2v) is 12.5. The highest BCUT2D eigenvalue weighted by Gasteiger charge is 2.27.